The molecular formula is C17H24. The number of unbranched alkanes of at least 4 members (excludes halogenated alkanes) is 3. The van der Waals surface area contributed by atoms with Gasteiger partial charge in [0.15, 0.2) is 0 Å². The predicted octanol–water partition coefficient (Wildman–Crippen LogP) is 5.64. The van der Waals surface area contributed by atoms with Gasteiger partial charge in [0.2, 0.25) is 0 Å². The summed E-state index contributed by atoms with van der Waals surface area (Å²) in [5.74, 6) is 0. The highest BCUT2D eigenvalue weighted by molar-refractivity contribution is 5.45. The maximum absolute atomic E-state index is 3.63. The van der Waals surface area contributed by atoms with E-state index < -0.39 is 0 Å². The molecule has 0 saturated heterocycles. The summed E-state index contributed by atoms with van der Waals surface area (Å²) in [5.41, 5.74) is 1.17. The molecular weight excluding hydrogens is 204 g/mol. The van der Waals surface area contributed by atoms with E-state index in [2.05, 4.69) is 26.2 Å². The van der Waals surface area contributed by atoms with Crippen LogP contribution in [-0.4, -0.2) is 0 Å². The van der Waals surface area contributed by atoms with Crippen LogP contribution in [0.3, 0.4) is 0 Å². The lowest BCUT2D eigenvalue weighted by Gasteiger charge is -1.89. The predicted molar refractivity (Wildman–Crippen MR) is 80.0 cm³/mol. The number of hydrogen-bond donors (Lipinski definition) is 0. The second kappa shape index (κ2) is 12.5. The van der Waals surface area contributed by atoms with Gasteiger partial charge in [0, 0.05) is 0 Å². The van der Waals surface area contributed by atoms with E-state index in [0.717, 1.165) is 0 Å². The Bertz CT molecular complexity index is 306. The second-order valence-electron chi connectivity index (χ2n) is 3.77. The molecule has 1 aromatic rings. The lowest BCUT2D eigenvalue weighted by Crippen LogP contribution is -1.69. The lowest BCUT2D eigenvalue weighted by molar-refractivity contribution is 0.729. The highest BCUT2D eigenvalue weighted by Gasteiger charge is 1.79. The van der Waals surface area contributed by atoms with Crippen molar-refractivity contribution in [3.05, 3.63) is 67.3 Å². The first-order chi connectivity index (χ1) is 8.35. The summed E-state index contributed by atoms with van der Waals surface area (Å²) in [6.07, 6.45) is 13.0. The van der Waals surface area contributed by atoms with Crippen LogP contribution in [0, 0.1) is 0 Å². The fourth-order valence-electron chi connectivity index (χ4n) is 1.29. The highest BCUT2D eigenvalue weighted by Crippen LogP contribution is 1.99. The van der Waals surface area contributed by atoms with E-state index >= 15 is 0 Å². The van der Waals surface area contributed by atoms with Gasteiger partial charge in [0.05, 0.1) is 0 Å². The van der Waals surface area contributed by atoms with E-state index in [0.29, 0.717) is 0 Å². The minimum absolute atomic E-state index is 1.17. The summed E-state index contributed by atoms with van der Waals surface area (Å²) in [6.45, 7) is 9.44. The molecule has 0 radical (unpaired) electrons. The van der Waals surface area contributed by atoms with Gasteiger partial charge in [0.25, 0.3) is 0 Å². The Morgan fingerprint density at radius 3 is 2.24 bits per heavy atom. The van der Waals surface area contributed by atoms with Gasteiger partial charge in [-0.15, -0.1) is 0 Å². The van der Waals surface area contributed by atoms with Gasteiger partial charge >= 0.3 is 0 Å². The van der Waals surface area contributed by atoms with Gasteiger partial charge in [0.1, 0.15) is 0 Å². The number of benzene rings is 1. The van der Waals surface area contributed by atoms with Gasteiger partial charge in [-0.2, -0.15) is 0 Å². The first-order valence-corrected chi connectivity index (χ1v) is 6.30. The van der Waals surface area contributed by atoms with E-state index in [1.165, 1.54) is 31.2 Å². The maximum Gasteiger partial charge on any atom is -0.0263 e. The Labute approximate surface area is 106 Å². The fraction of sp³-hybridized carbons (Fsp3) is 0.294. The molecule has 0 amide bonds. The Balaban J connectivity index is 0.000000302. The molecule has 0 N–H and O–H groups in total. The largest absolute Gasteiger partial charge is 0.0991 e. The third-order valence-electron chi connectivity index (χ3n) is 2.28. The Kier molecular flexibility index (Phi) is 11.4. The highest BCUT2D eigenvalue weighted by atomic mass is 13.9. The van der Waals surface area contributed by atoms with Crippen molar-refractivity contribution in [1.29, 1.82) is 0 Å². The van der Waals surface area contributed by atoms with Crippen molar-refractivity contribution >= 4 is 6.08 Å². The molecule has 0 fully saturated rings. The summed E-state index contributed by atoms with van der Waals surface area (Å²) in [7, 11) is 0. The van der Waals surface area contributed by atoms with Crippen LogP contribution in [0.2, 0.25) is 0 Å². The minimum Gasteiger partial charge on any atom is -0.0991 e. The fourth-order valence-corrected chi connectivity index (χ4v) is 1.29. The zero-order chi connectivity index (χ0) is 12.8. The average molecular weight is 228 g/mol. The first kappa shape index (κ1) is 15.4. The Morgan fingerprint density at radius 1 is 1.06 bits per heavy atom. The summed E-state index contributed by atoms with van der Waals surface area (Å²) >= 11 is 0. The van der Waals surface area contributed by atoms with E-state index in [1.54, 1.807) is 0 Å². The monoisotopic (exact) mass is 228 g/mol. The van der Waals surface area contributed by atoms with Crippen LogP contribution in [0.5, 0.6) is 0 Å². The van der Waals surface area contributed by atoms with Gasteiger partial charge in [-0.3, -0.25) is 0 Å². The molecule has 0 aliphatic heterocycles. The molecule has 0 nitrogen and oxygen atoms in total. The Hall–Kier alpha value is -1.56. The van der Waals surface area contributed by atoms with Crippen LogP contribution < -0.4 is 0 Å². The number of allylic oxidation sites excluding steroid dienone is 3. The van der Waals surface area contributed by atoms with Crippen molar-refractivity contribution in [3.63, 3.8) is 0 Å². The molecule has 0 spiro atoms. The molecule has 0 aromatic heterocycles. The van der Waals surface area contributed by atoms with Crippen LogP contribution in [0.25, 0.3) is 6.08 Å². The van der Waals surface area contributed by atoms with Gasteiger partial charge < -0.3 is 0 Å². The van der Waals surface area contributed by atoms with E-state index in [1.807, 2.05) is 48.6 Å². The summed E-state index contributed by atoms with van der Waals surface area (Å²) in [4.78, 5) is 0. The molecule has 0 aliphatic carbocycles. The second-order valence-corrected chi connectivity index (χ2v) is 3.77. The molecule has 0 aliphatic rings. The van der Waals surface area contributed by atoms with Crippen LogP contribution in [0.15, 0.2) is 61.7 Å². The number of rotatable bonds is 6. The zero-order valence-corrected chi connectivity index (χ0v) is 10.9. The van der Waals surface area contributed by atoms with Gasteiger partial charge in [-0.1, -0.05) is 87.6 Å². The van der Waals surface area contributed by atoms with Crippen molar-refractivity contribution in [2.24, 2.45) is 0 Å². The molecule has 0 atom stereocenters. The maximum atomic E-state index is 3.63. The van der Waals surface area contributed by atoms with E-state index in [4.69, 9.17) is 0 Å². The quantitative estimate of drug-likeness (QED) is 0.436. The van der Waals surface area contributed by atoms with Crippen LogP contribution in [-0.2, 0) is 0 Å². The van der Waals surface area contributed by atoms with Crippen molar-refractivity contribution in [1.82, 2.24) is 0 Å². The normalized spacial score (nSPS) is 9.47. The van der Waals surface area contributed by atoms with Crippen molar-refractivity contribution in [3.8, 4) is 0 Å². The molecule has 0 heterocycles. The molecule has 0 unspecified atom stereocenters. The minimum atomic E-state index is 1.17. The van der Waals surface area contributed by atoms with Gasteiger partial charge in [-0.25, -0.2) is 0 Å². The molecule has 0 saturated carbocycles. The SMILES string of the molecule is C=CC=CCCCCC.C=Cc1ccccc1. The third-order valence-corrected chi connectivity index (χ3v) is 2.28. The molecule has 0 heteroatoms. The van der Waals surface area contributed by atoms with Crippen LogP contribution in [0.4, 0.5) is 0 Å². The van der Waals surface area contributed by atoms with Crippen LogP contribution >= 0.6 is 0 Å². The topological polar surface area (TPSA) is 0 Å². The van der Waals surface area contributed by atoms with Crippen molar-refractivity contribution < 1.29 is 0 Å². The summed E-state index contributed by atoms with van der Waals surface area (Å²) in [5, 5.41) is 0. The van der Waals surface area contributed by atoms with Gasteiger partial charge in [-0.05, 0) is 18.4 Å². The summed E-state index contributed by atoms with van der Waals surface area (Å²) < 4.78 is 0. The smallest absolute Gasteiger partial charge is 0.0263 e. The molecule has 92 valence electrons. The number of hydrogen-bond acceptors (Lipinski definition) is 0. The molecule has 1 rings (SSSR count). The first-order valence-electron chi connectivity index (χ1n) is 6.30. The van der Waals surface area contributed by atoms with E-state index in [-0.39, 0.29) is 0 Å². The van der Waals surface area contributed by atoms with E-state index in [9.17, 15) is 0 Å². The van der Waals surface area contributed by atoms with Crippen molar-refractivity contribution in [2.45, 2.75) is 32.6 Å². The zero-order valence-electron chi connectivity index (χ0n) is 10.9. The standard InChI is InChI=1S/C9H16.C8H8/c1-3-5-7-9-8-6-4-2;1-2-8-6-4-3-5-7-8/h3,5,7H,1,4,6,8-9H2,2H3;2-7H,1H2. The molecule has 0 bridgehead atoms. The third kappa shape index (κ3) is 10.7. The molecule has 1 aromatic carbocycles. The Morgan fingerprint density at radius 2 is 1.76 bits per heavy atom. The molecule has 17 heavy (non-hydrogen) atoms. The van der Waals surface area contributed by atoms with Crippen molar-refractivity contribution in [2.75, 3.05) is 0 Å². The summed E-state index contributed by atoms with van der Waals surface area (Å²) in [6, 6.07) is 10.0. The lowest BCUT2D eigenvalue weighted by atomic mass is 10.2. The average Bonchev–Trinajstić information content (AvgIpc) is 2.40. The van der Waals surface area contributed by atoms with Crippen LogP contribution in [0.1, 0.15) is 38.2 Å².